The first-order valence-corrected chi connectivity index (χ1v) is 10.8. The summed E-state index contributed by atoms with van der Waals surface area (Å²) in [6, 6.07) is 7.95. The second-order valence-corrected chi connectivity index (χ2v) is 8.89. The minimum absolute atomic E-state index is 0.0736. The summed E-state index contributed by atoms with van der Waals surface area (Å²) in [5, 5.41) is 2.82. The van der Waals surface area contributed by atoms with Gasteiger partial charge in [0.05, 0.1) is 5.41 Å². The summed E-state index contributed by atoms with van der Waals surface area (Å²) in [5.74, 6) is 0.896. The first kappa shape index (κ1) is 20.8. The van der Waals surface area contributed by atoms with Crippen molar-refractivity contribution in [2.45, 2.75) is 58.3 Å². The molecule has 28 heavy (non-hydrogen) atoms. The number of nitrogens with one attached hydrogen (secondary N) is 1. The van der Waals surface area contributed by atoms with E-state index in [-0.39, 0.29) is 5.91 Å². The molecule has 154 valence electrons. The fourth-order valence-corrected chi connectivity index (χ4v) is 4.81. The monoisotopic (exact) mass is 385 g/mol. The molecule has 5 heteroatoms. The summed E-state index contributed by atoms with van der Waals surface area (Å²) in [7, 11) is 0. The molecule has 0 atom stereocenters. The molecule has 1 saturated heterocycles. The fraction of sp³-hybridized carbons (Fsp3) is 0.652. The summed E-state index contributed by atoms with van der Waals surface area (Å²) in [6.07, 6.45) is 5.27. The summed E-state index contributed by atoms with van der Waals surface area (Å²) in [5.41, 5.74) is 1.50. The highest BCUT2D eigenvalue weighted by molar-refractivity contribution is 5.90. The third kappa shape index (κ3) is 4.75. The van der Waals surface area contributed by atoms with Crippen molar-refractivity contribution in [3.8, 4) is 0 Å². The van der Waals surface area contributed by atoms with Gasteiger partial charge in [0.2, 0.25) is 11.8 Å². The highest BCUT2D eigenvalue weighted by Crippen LogP contribution is 2.41. The Morgan fingerprint density at radius 3 is 2.14 bits per heavy atom. The van der Waals surface area contributed by atoms with E-state index in [9.17, 15) is 9.59 Å². The molecule has 1 aromatic rings. The normalized spacial score (nSPS) is 20.2. The van der Waals surface area contributed by atoms with Crippen molar-refractivity contribution in [2.24, 2.45) is 5.92 Å². The Hall–Kier alpha value is -1.88. The van der Waals surface area contributed by atoms with Gasteiger partial charge in [-0.3, -0.25) is 14.5 Å². The lowest BCUT2D eigenvalue weighted by Gasteiger charge is -2.43. The van der Waals surface area contributed by atoms with Gasteiger partial charge in [-0.25, -0.2) is 0 Å². The maximum atomic E-state index is 13.7. The van der Waals surface area contributed by atoms with E-state index < -0.39 is 5.41 Å². The zero-order chi connectivity index (χ0) is 20.1. The van der Waals surface area contributed by atoms with E-state index in [2.05, 4.69) is 29.0 Å². The van der Waals surface area contributed by atoms with Crippen molar-refractivity contribution in [1.82, 2.24) is 9.80 Å². The molecule has 1 aliphatic carbocycles. The highest BCUT2D eigenvalue weighted by atomic mass is 16.2. The second-order valence-electron chi connectivity index (χ2n) is 8.89. The lowest BCUT2D eigenvalue weighted by Crippen LogP contribution is -2.55. The Kier molecular flexibility index (Phi) is 6.76. The van der Waals surface area contributed by atoms with Gasteiger partial charge in [-0.15, -0.1) is 0 Å². The van der Waals surface area contributed by atoms with Crippen LogP contribution >= 0.6 is 0 Å². The van der Waals surface area contributed by atoms with E-state index in [0.717, 1.165) is 69.7 Å². The molecule has 1 aromatic carbocycles. The zero-order valence-electron chi connectivity index (χ0n) is 17.7. The molecule has 0 aromatic heterocycles. The Morgan fingerprint density at radius 2 is 1.61 bits per heavy atom. The first-order valence-electron chi connectivity index (χ1n) is 10.8. The van der Waals surface area contributed by atoms with Crippen LogP contribution < -0.4 is 5.32 Å². The van der Waals surface area contributed by atoms with Crippen molar-refractivity contribution in [1.29, 1.82) is 0 Å². The number of benzene rings is 1. The number of hydrogen-bond acceptors (Lipinski definition) is 3. The molecule has 2 aliphatic rings. The Morgan fingerprint density at radius 1 is 1.00 bits per heavy atom. The minimum atomic E-state index is -0.396. The van der Waals surface area contributed by atoms with E-state index in [1.54, 1.807) is 0 Å². The number of rotatable bonds is 5. The van der Waals surface area contributed by atoms with Crippen molar-refractivity contribution < 1.29 is 9.59 Å². The molecule has 1 saturated carbocycles. The summed E-state index contributed by atoms with van der Waals surface area (Å²) in [4.78, 5) is 29.6. The van der Waals surface area contributed by atoms with Crippen molar-refractivity contribution in [2.75, 3.05) is 38.0 Å². The van der Waals surface area contributed by atoms with Gasteiger partial charge >= 0.3 is 0 Å². The summed E-state index contributed by atoms with van der Waals surface area (Å²) >= 11 is 0. The van der Waals surface area contributed by atoms with Gasteiger partial charge in [0.15, 0.2) is 0 Å². The van der Waals surface area contributed by atoms with Crippen LogP contribution in [0.5, 0.6) is 0 Å². The van der Waals surface area contributed by atoms with Crippen LogP contribution in [0.15, 0.2) is 24.3 Å². The molecule has 0 bridgehead atoms. The van der Waals surface area contributed by atoms with Crippen molar-refractivity contribution in [3.05, 3.63) is 29.8 Å². The smallest absolute Gasteiger partial charge is 0.233 e. The van der Waals surface area contributed by atoms with Gasteiger partial charge in [-0.05, 0) is 36.5 Å². The second kappa shape index (κ2) is 9.08. The van der Waals surface area contributed by atoms with Crippen LogP contribution in [0.25, 0.3) is 0 Å². The third-order valence-corrected chi connectivity index (χ3v) is 6.16. The largest absolute Gasteiger partial charge is 0.339 e. The van der Waals surface area contributed by atoms with E-state index in [1.165, 1.54) is 13.3 Å². The fourth-order valence-electron chi connectivity index (χ4n) is 4.81. The van der Waals surface area contributed by atoms with Gasteiger partial charge in [0.25, 0.3) is 0 Å². The van der Waals surface area contributed by atoms with Crippen molar-refractivity contribution >= 4 is 17.5 Å². The van der Waals surface area contributed by atoms with E-state index >= 15 is 0 Å². The van der Waals surface area contributed by atoms with E-state index in [4.69, 9.17) is 0 Å². The SMILES string of the molecule is CC(=O)Nc1ccc(C2(C(=O)N3CCN(CC(C)C)CC3)CCCCC2)cc1. The minimum Gasteiger partial charge on any atom is -0.339 e. The van der Waals surface area contributed by atoms with Crippen LogP contribution in [0, 0.1) is 5.92 Å². The number of piperazine rings is 1. The molecule has 0 unspecified atom stereocenters. The number of carbonyl (C=O) groups excluding carboxylic acids is 2. The number of carbonyl (C=O) groups is 2. The summed E-state index contributed by atoms with van der Waals surface area (Å²) < 4.78 is 0. The molecular weight excluding hydrogens is 350 g/mol. The van der Waals surface area contributed by atoms with Gasteiger partial charge in [0.1, 0.15) is 0 Å². The van der Waals surface area contributed by atoms with E-state index in [0.29, 0.717) is 11.8 Å². The molecular formula is C23H35N3O2. The van der Waals surface area contributed by atoms with Crippen LogP contribution in [0.3, 0.4) is 0 Å². The zero-order valence-corrected chi connectivity index (χ0v) is 17.7. The van der Waals surface area contributed by atoms with Gasteiger partial charge in [-0.2, -0.15) is 0 Å². The predicted octanol–water partition coefficient (Wildman–Crippen LogP) is 3.65. The van der Waals surface area contributed by atoms with Gasteiger partial charge in [0, 0.05) is 45.3 Å². The molecule has 2 fully saturated rings. The number of hydrogen-bond donors (Lipinski definition) is 1. The Labute approximate surface area is 169 Å². The van der Waals surface area contributed by atoms with Crippen LogP contribution in [-0.2, 0) is 15.0 Å². The average molecular weight is 386 g/mol. The summed E-state index contributed by atoms with van der Waals surface area (Å²) in [6.45, 7) is 10.7. The Bertz CT molecular complexity index is 670. The lowest BCUT2D eigenvalue weighted by molar-refractivity contribution is -0.140. The van der Waals surface area contributed by atoms with Gasteiger partial charge < -0.3 is 10.2 Å². The standard InChI is InChI=1S/C23H35N3O2/c1-18(2)17-25-13-15-26(16-14-25)22(28)23(11-5-4-6-12-23)20-7-9-21(10-8-20)24-19(3)27/h7-10,18H,4-6,11-17H2,1-3H3,(H,24,27). The maximum Gasteiger partial charge on any atom is 0.233 e. The molecule has 5 nitrogen and oxygen atoms in total. The van der Waals surface area contributed by atoms with E-state index in [1.807, 2.05) is 24.3 Å². The molecule has 1 heterocycles. The topological polar surface area (TPSA) is 52.7 Å². The highest BCUT2D eigenvalue weighted by Gasteiger charge is 2.44. The average Bonchev–Trinajstić information content (AvgIpc) is 2.68. The van der Waals surface area contributed by atoms with Gasteiger partial charge in [-0.1, -0.05) is 45.2 Å². The molecule has 3 rings (SSSR count). The van der Waals surface area contributed by atoms with Crippen LogP contribution in [0.2, 0.25) is 0 Å². The van der Waals surface area contributed by atoms with Crippen LogP contribution in [0.1, 0.15) is 58.4 Å². The molecule has 0 spiro atoms. The molecule has 1 aliphatic heterocycles. The van der Waals surface area contributed by atoms with Crippen LogP contribution in [0.4, 0.5) is 5.69 Å². The molecule has 0 radical (unpaired) electrons. The Balaban J connectivity index is 1.76. The predicted molar refractivity (Wildman–Crippen MR) is 113 cm³/mol. The lowest BCUT2D eigenvalue weighted by atomic mass is 9.68. The molecule has 1 N–H and O–H groups in total. The van der Waals surface area contributed by atoms with Crippen LogP contribution in [-0.4, -0.2) is 54.3 Å². The number of anilines is 1. The molecule has 2 amide bonds. The first-order chi connectivity index (χ1) is 13.4. The maximum absolute atomic E-state index is 13.7. The third-order valence-electron chi connectivity index (χ3n) is 6.16. The van der Waals surface area contributed by atoms with Crippen molar-refractivity contribution in [3.63, 3.8) is 0 Å². The number of nitrogens with zero attached hydrogens (tertiary/aromatic N) is 2. The number of amides is 2. The quantitative estimate of drug-likeness (QED) is 0.842.